The molecule has 0 aliphatic carbocycles. The lowest BCUT2D eigenvalue weighted by atomic mass is 9.95. The smallest absolute Gasteiger partial charge is 0.319 e. The number of carbonyl (C=O) groups excluding carboxylic acids is 2. The lowest BCUT2D eigenvalue weighted by molar-refractivity contribution is 0.0790. The Hall–Kier alpha value is -2.86. The predicted octanol–water partition coefficient (Wildman–Crippen LogP) is 2.78. The van der Waals surface area contributed by atoms with Crippen LogP contribution >= 0.6 is 0 Å². The average molecular weight is 366 g/mol. The van der Waals surface area contributed by atoms with Gasteiger partial charge in [0.15, 0.2) is 0 Å². The number of anilines is 1. The summed E-state index contributed by atoms with van der Waals surface area (Å²) in [6.07, 6.45) is 0. The molecule has 1 aliphatic heterocycles. The van der Waals surface area contributed by atoms with Crippen LogP contribution in [0.5, 0.6) is 0 Å². The number of carbonyl (C=O) groups is 2. The van der Waals surface area contributed by atoms with Crippen molar-refractivity contribution in [2.24, 2.45) is 5.73 Å². The van der Waals surface area contributed by atoms with Gasteiger partial charge in [-0.3, -0.25) is 4.79 Å². The zero-order valence-electron chi connectivity index (χ0n) is 15.7. The SMILES string of the molecule is CC(C)NC(=O)Nc1ccccc1C(=O)N1C[C@@H](N)[C@H](c2ccccc2)C1. The summed E-state index contributed by atoms with van der Waals surface area (Å²) in [6, 6.07) is 16.7. The van der Waals surface area contributed by atoms with E-state index in [-0.39, 0.29) is 29.9 Å². The number of rotatable bonds is 4. The van der Waals surface area contributed by atoms with Crippen molar-refractivity contribution in [1.29, 1.82) is 0 Å². The maximum absolute atomic E-state index is 13.1. The van der Waals surface area contributed by atoms with Gasteiger partial charge in [-0.1, -0.05) is 42.5 Å². The van der Waals surface area contributed by atoms with Gasteiger partial charge in [0.2, 0.25) is 0 Å². The van der Waals surface area contributed by atoms with Crippen molar-refractivity contribution in [2.45, 2.75) is 31.8 Å². The highest BCUT2D eigenvalue weighted by Crippen LogP contribution is 2.28. The van der Waals surface area contributed by atoms with Crippen molar-refractivity contribution in [3.8, 4) is 0 Å². The largest absolute Gasteiger partial charge is 0.336 e. The Morgan fingerprint density at radius 2 is 1.70 bits per heavy atom. The van der Waals surface area contributed by atoms with E-state index in [1.807, 2.05) is 44.2 Å². The molecule has 2 aromatic rings. The summed E-state index contributed by atoms with van der Waals surface area (Å²) in [5.74, 6) is -0.0103. The van der Waals surface area contributed by atoms with E-state index in [0.717, 1.165) is 5.56 Å². The Bertz CT molecular complexity index is 807. The molecule has 142 valence electrons. The first-order valence-corrected chi connectivity index (χ1v) is 9.22. The summed E-state index contributed by atoms with van der Waals surface area (Å²) >= 11 is 0. The zero-order valence-corrected chi connectivity index (χ0v) is 15.7. The standard InChI is InChI=1S/C21H26N4O2/c1-14(2)23-21(27)24-19-11-7-6-10-16(19)20(26)25-12-17(18(22)13-25)15-8-4-3-5-9-15/h3-11,14,17-18H,12-13,22H2,1-2H3,(H2,23,24,27)/t17-,18+/m0/s1. The van der Waals surface area contributed by atoms with E-state index >= 15 is 0 Å². The summed E-state index contributed by atoms with van der Waals surface area (Å²) in [7, 11) is 0. The van der Waals surface area contributed by atoms with Crippen LogP contribution in [0.2, 0.25) is 0 Å². The topological polar surface area (TPSA) is 87.5 Å². The summed E-state index contributed by atoms with van der Waals surface area (Å²) in [5, 5.41) is 5.54. The number of nitrogens with zero attached hydrogens (tertiary/aromatic N) is 1. The monoisotopic (exact) mass is 366 g/mol. The molecule has 1 aliphatic rings. The molecule has 1 fully saturated rings. The van der Waals surface area contributed by atoms with Gasteiger partial charge in [-0.15, -0.1) is 0 Å². The number of nitrogens with one attached hydrogen (secondary N) is 2. The van der Waals surface area contributed by atoms with E-state index in [1.54, 1.807) is 29.2 Å². The normalized spacial score (nSPS) is 19.2. The van der Waals surface area contributed by atoms with Crippen LogP contribution < -0.4 is 16.4 Å². The number of hydrogen-bond acceptors (Lipinski definition) is 3. The highest BCUT2D eigenvalue weighted by Gasteiger charge is 2.34. The molecule has 1 saturated heterocycles. The van der Waals surface area contributed by atoms with Crippen molar-refractivity contribution < 1.29 is 9.59 Å². The Kier molecular flexibility index (Phi) is 5.76. The third-order valence-corrected chi connectivity index (χ3v) is 4.71. The number of likely N-dealkylation sites (tertiary alicyclic amines) is 1. The molecule has 6 heteroatoms. The van der Waals surface area contributed by atoms with Crippen LogP contribution in [-0.2, 0) is 0 Å². The molecule has 3 rings (SSSR count). The van der Waals surface area contributed by atoms with Crippen LogP contribution in [0.15, 0.2) is 54.6 Å². The average Bonchev–Trinajstić information content (AvgIpc) is 3.03. The Labute approximate surface area is 159 Å². The predicted molar refractivity (Wildman–Crippen MR) is 107 cm³/mol. The Morgan fingerprint density at radius 3 is 2.41 bits per heavy atom. The second kappa shape index (κ2) is 8.22. The zero-order chi connectivity index (χ0) is 19.4. The molecule has 0 aromatic heterocycles. The van der Waals surface area contributed by atoms with E-state index in [9.17, 15) is 9.59 Å². The number of benzene rings is 2. The first kappa shape index (κ1) is 18.9. The van der Waals surface area contributed by atoms with Crippen LogP contribution in [0.3, 0.4) is 0 Å². The van der Waals surface area contributed by atoms with Crippen LogP contribution in [0.25, 0.3) is 0 Å². The number of amides is 3. The molecule has 6 nitrogen and oxygen atoms in total. The molecule has 0 radical (unpaired) electrons. The molecule has 0 bridgehead atoms. The molecule has 1 heterocycles. The van der Waals surface area contributed by atoms with Crippen LogP contribution in [-0.4, -0.2) is 42.0 Å². The quantitative estimate of drug-likeness (QED) is 0.777. The minimum Gasteiger partial charge on any atom is -0.336 e. The molecular weight excluding hydrogens is 340 g/mol. The summed E-state index contributed by atoms with van der Waals surface area (Å²) in [6.45, 7) is 4.82. The molecule has 2 atom stereocenters. The minimum absolute atomic E-state index is 0.0103. The fourth-order valence-electron chi connectivity index (χ4n) is 3.42. The van der Waals surface area contributed by atoms with Gasteiger partial charge in [0.25, 0.3) is 5.91 Å². The second-order valence-electron chi connectivity index (χ2n) is 7.19. The second-order valence-corrected chi connectivity index (χ2v) is 7.19. The summed E-state index contributed by atoms with van der Waals surface area (Å²) < 4.78 is 0. The highest BCUT2D eigenvalue weighted by atomic mass is 16.2. The third kappa shape index (κ3) is 4.46. The van der Waals surface area contributed by atoms with Gasteiger partial charge >= 0.3 is 6.03 Å². The molecule has 0 spiro atoms. The van der Waals surface area contributed by atoms with E-state index < -0.39 is 0 Å². The van der Waals surface area contributed by atoms with Gasteiger partial charge in [-0.25, -0.2) is 4.79 Å². The van der Waals surface area contributed by atoms with E-state index in [1.165, 1.54) is 0 Å². The van der Waals surface area contributed by atoms with Crippen molar-refractivity contribution >= 4 is 17.6 Å². The fraction of sp³-hybridized carbons (Fsp3) is 0.333. The van der Waals surface area contributed by atoms with Gasteiger partial charge in [-0.2, -0.15) is 0 Å². The third-order valence-electron chi connectivity index (χ3n) is 4.71. The van der Waals surface area contributed by atoms with Gasteiger partial charge in [0.1, 0.15) is 0 Å². The maximum atomic E-state index is 13.1. The van der Waals surface area contributed by atoms with Crippen molar-refractivity contribution in [2.75, 3.05) is 18.4 Å². The molecule has 0 unspecified atom stereocenters. The Morgan fingerprint density at radius 1 is 1.04 bits per heavy atom. The lowest BCUT2D eigenvalue weighted by Crippen LogP contribution is -2.36. The van der Waals surface area contributed by atoms with Gasteiger partial charge < -0.3 is 21.3 Å². The molecule has 0 saturated carbocycles. The number of hydrogen-bond donors (Lipinski definition) is 3. The van der Waals surface area contributed by atoms with Crippen molar-refractivity contribution in [3.63, 3.8) is 0 Å². The van der Waals surface area contributed by atoms with E-state index in [4.69, 9.17) is 5.73 Å². The summed E-state index contributed by atoms with van der Waals surface area (Å²) in [5.41, 5.74) is 8.43. The first-order valence-electron chi connectivity index (χ1n) is 9.22. The number of para-hydroxylation sites is 1. The summed E-state index contributed by atoms with van der Waals surface area (Å²) in [4.78, 5) is 26.9. The van der Waals surface area contributed by atoms with E-state index in [2.05, 4.69) is 10.6 Å². The van der Waals surface area contributed by atoms with Crippen LogP contribution in [0, 0.1) is 0 Å². The van der Waals surface area contributed by atoms with Gasteiger partial charge in [0.05, 0.1) is 11.3 Å². The highest BCUT2D eigenvalue weighted by molar-refractivity contribution is 6.03. The minimum atomic E-state index is -0.328. The number of nitrogens with two attached hydrogens (primary N) is 1. The van der Waals surface area contributed by atoms with Gasteiger partial charge in [0, 0.05) is 31.1 Å². The van der Waals surface area contributed by atoms with Gasteiger partial charge in [-0.05, 0) is 31.5 Å². The molecular formula is C21H26N4O2. The maximum Gasteiger partial charge on any atom is 0.319 e. The molecule has 3 amide bonds. The van der Waals surface area contributed by atoms with E-state index in [0.29, 0.717) is 24.3 Å². The van der Waals surface area contributed by atoms with Crippen LogP contribution in [0.1, 0.15) is 35.7 Å². The van der Waals surface area contributed by atoms with Crippen molar-refractivity contribution in [1.82, 2.24) is 10.2 Å². The molecule has 2 aromatic carbocycles. The molecule has 27 heavy (non-hydrogen) atoms. The molecule has 4 N–H and O–H groups in total. The first-order chi connectivity index (χ1) is 13.0. The fourth-order valence-corrected chi connectivity index (χ4v) is 3.42. The number of urea groups is 1. The Balaban J connectivity index is 1.76. The van der Waals surface area contributed by atoms with Crippen molar-refractivity contribution in [3.05, 3.63) is 65.7 Å². The lowest BCUT2D eigenvalue weighted by Gasteiger charge is -2.19. The van der Waals surface area contributed by atoms with Crippen LogP contribution in [0.4, 0.5) is 10.5 Å².